The summed E-state index contributed by atoms with van der Waals surface area (Å²) in [6.07, 6.45) is 29.0. The first kappa shape index (κ1) is 132. The number of ketones is 1. The van der Waals surface area contributed by atoms with Crippen LogP contribution in [0.1, 0.15) is 473 Å². The van der Waals surface area contributed by atoms with Gasteiger partial charge in [0.2, 0.25) is 0 Å². The van der Waals surface area contributed by atoms with E-state index < -0.39 is 0 Å². The Morgan fingerprint density at radius 3 is 0.973 bits per heavy atom. The van der Waals surface area contributed by atoms with Crippen molar-refractivity contribution >= 4 is 5.78 Å². The molecule has 3 nitrogen and oxygen atoms in total. The number of Topliss-reactive ketones (excluding diaryl/α,β-unsaturated/α-hetero) is 1. The van der Waals surface area contributed by atoms with Gasteiger partial charge < -0.3 is 4.74 Å². The van der Waals surface area contributed by atoms with E-state index in [2.05, 4.69) is 387 Å². The van der Waals surface area contributed by atoms with Gasteiger partial charge in [-0.15, -0.1) is 5.92 Å². The zero-order valence-electron chi connectivity index (χ0n) is 84.0. The van der Waals surface area contributed by atoms with Crippen LogP contribution in [0.3, 0.4) is 0 Å². The van der Waals surface area contributed by atoms with Crippen LogP contribution in [0.15, 0.2) is 116 Å². The van der Waals surface area contributed by atoms with Crippen molar-refractivity contribution in [2.24, 2.45) is 70.9 Å². The molecule has 1 aliphatic rings. The lowest BCUT2D eigenvalue weighted by atomic mass is 9.78. The molecule has 0 aliphatic heterocycles. The number of nitrogens with zero attached hydrogens (tertiary/aromatic N) is 1. The third-order valence-electron chi connectivity index (χ3n) is 16.1. The van der Waals surface area contributed by atoms with Gasteiger partial charge in [0.05, 0.1) is 7.11 Å². The summed E-state index contributed by atoms with van der Waals surface area (Å²) in [5, 5.41) is 0. The van der Waals surface area contributed by atoms with Gasteiger partial charge in [0.25, 0.3) is 0 Å². The summed E-state index contributed by atoms with van der Waals surface area (Å²) in [4.78, 5) is 15.3. The van der Waals surface area contributed by atoms with Gasteiger partial charge in [0.15, 0.2) is 0 Å². The molecule has 3 aromatic carbocycles. The number of methoxy groups -OCH3 is 1. The number of carbonyl (C=O) groups excluding carboxylic acids is 1. The maximum absolute atomic E-state index is 11.6. The van der Waals surface area contributed by atoms with Crippen LogP contribution in [0.25, 0.3) is 0 Å². The number of ether oxygens (including phenoxy) is 1. The molecule has 0 unspecified atom stereocenters. The molecule has 670 valence electrons. The minimum atomic E-state index is -0.155. The topological polar surface area (TPSA) is 39.2 Å². The summed E-state index contributed by atoms with van der Waals surface area (Å²) in [6, 6.07) is 35.3. The molecule has 0 spiro atoms. The van der Waals surface area contributed by atoms with Gasteiger partial charge in [0, 0.05) is 36.1 Å². The molecule has 4 aromatic rings. The van der Waals surface area contributed by atoms with Crippen LogP contribution in [0.2, 0.25) is 0 Å². The Morgan fingerprint density at radius 1 is 0.407 bits per heavy atom. The van der Waals surface area contributed by atoms with Crippen molar-refractivity contribution < 1.29 is 9.53 Å². The quantitative estimate of drug-likeness (QED) is 0.149. The van der Waals surface area contributed by atoms with Gasteiger partial charge in [-0.1, -0.05) is 469 Å². The zero-order chi connectivity index (χ0) is 88.4. The average Bonchev–Trinajstić information content (AvgIpc) is 0.864. The molecule has 1 heterocycles. The third-order valence-corrected chi connectivity index (χ3v) is 16.1. The molecule has 0 saturated heterocycles. The molecule has 0 atom stereocenters. The Labute approximate surface area is 718 Å². The Balaban J connectivity index is -0.000000112. The fraction of sp³-hybridized carbons (Fsp3) is 0.764. The van der Waals surface area contributed by atoms with Crippen LogP contribution in [0.4, 0.5) is 0 Å². The third kappa shape index (κ3) is 134. The Kier molecular flexibility index (Phi) is 79.2. The Bertz CT molecular complexity index is 2610. The van der Waals surface area contributed by atoms with Gasteiger partial charge >= 0.3 is 0 Å². The van der Waals surface area contributed by atoms with Gasteiger partial charge in [0.1, 0.15) is 11.5 Å². The molecular formula is C110H213NO2. The van der Waals surface area contributed by atoms with E-state index in [9.17, 15) is 4.79 Å². The summed E-state index contributed by atoms with van der Waals surface area (Å²) in [7, 11) is 1.69. The summed E-state index contributed by atoms with van der Waals surface area (Å²) < 4.78 is 5.08. The number of rotatable bonds is 10. The van der Waals surface area contributed by atoms with E-state index in [1.54, 1.807) is 19.5 Å². The zero-order valence-corrected chi connectivity index (χ0v) is 84.0. The number of aryl methyl sites for hydroxylation is 1. The van der Waals surface area contributed by atoms with Gasteiger partial charge in [-0.2, -0.15) is 0 Å². The number of pyridine rings is 1. The first-order valence-electron chi connectivity index (χ1n) is 43.9. The molecule has 0 amide bonds. The van der Waals surface area contributed by atoms with Crippen molar-refractivity contribution in [2.75, 3.05) is 7.11 Å². The van der Waals surface area contributed by atoms with E-state index in [1.807, 2.05) is 51.1 Å². The van der Waals surface area contributed by atoms with Crippen LogP contribution in [0, 0.1) is 82.7 Å². The molecule has 1 aliphatic carbocycles. The lowest BCUT2D eigenvalue weighted by molar-refractivity contribution is -0.126. The van der Waals surface area contributed by atoms with Crippen LogP contribution in [0.5, 0.6) is 5.75 Å². The summed E-state index contributed by atoms with van der Waals surface area (Å²) in [5.41, 5.74) is 9.25. The van der Waals surface area contributed by atoms with Gasteiger partial charge in [-0.25, -0.2) is 0 Å². The van der Waals surface area contributed by atoms with Gasteiger partial charge in [-0.3, -0.25) is 9.78 Å². The molecule has 0 radical (unpaired) electrons. The molecule has 113 heavy (non-hydrogen) atoms. The lowest BCUT2D eigenvalue weighted by Gasteiger charge is -2.28. The summed E-state index contributed by atoms with van der Waals surface area (Å²) >= 11 is 0. The van der Waals surface area contributed by atoms with Crippen LogP contribution in [-0.2, 0) is 23.1 Å². The van der Waals surface area contributed by atoms with Crippen molar-refractivity contribution in [1.82, 2.24) is 4.98 Å². The van der Waals surface area contributed by atoms with Crippen LogP contribution < -0.4 is 4.74 Å². The van der Waals surface area contributed by atoms with Crippen molar-refractivity contribution in [3.05, 3.63) is 132 Å². The Hall–Kier alpha value is -4.16. The SMILES string of the molecule is C.C.C.CC(C)(C)C.CC(C)(C)C#CCC(C)(C)C.CC(C)(C)CC1CCCCC1.CC(C)(C)CCCC(=O)C(C)(C)C.CC(C)(C)CCc1ccccc1.CC(C)(C)Cc1ccccc1.CCC.CCC(C)(C)C.CCC(C)(C)C.CCCC(C)(C)C.CCCC(C)(C)C.COc1ccc(C(C)(C)C)cc1.c1ccncc1. The van der Waals surface area contributed by atoms with Crippen molar-refractivity contribution in [2.45, 2.75) is 475 Å². The van der Waals surface area contributed by atoms with Crippen molar-refractivity contribution in [1.29, 1.82) is 0 Å². The first-order chi connectivity index (χ1) is 49.3. The highest BCUT2D eigenvalue weighted by atomic mass is 16.5. The maximum atomic E-state index is 11.6. The smallest absolute Gasteiger partial charge is 0.138 e. The number of hydrogen-bond donors (Lipinski definition) is 0. The van der Waals surface area contributed by atoms with E-state index in [1.165, 1.54) is 113 Å². The van der Waals surface area contributed by atoms with Crippen molar-refractivity contribution in [3.8, 4) is 17.6 Å². The lowest BCUT2D eigenvalue weighted by Crippen LogP contribution is -2.20. The van der Waals surface area contributed by atoms with Crippen molar-refractivity contribution in [3.63, 3.8) is 0 Å². The second-order valence-corrected chi connectivity index (χ2v) is 46.6. The molecule has 0 bridgehead atoms. The average molecular weight is 1580 g/mol. The molecule has 1 aromatic heterocycles. The second-order valence-electron chi connectivity index (χ2n) is 46.6. The largest absolute Gasteiger partial charge is 0.497 e. The van der Waals surface area contributed by atoms with E-state index >= 15 is 0 Å². The summed E-state index contributed by atoms with van der Waals surface area (Å²) in [6.45, 7) is 102. The predicted octanol–water partition coefficient (Wildman–Crippen LogP) is 38.2. The minimum absolute atomic E-state index is 0. The highest BCUT2D eigenvalue weighted by molar-refractivity contribution is 5.83. The molecule has 1 fully saturated rings. The summed E-state index contributed by atoms with van der Waals surface area (Å²) in [5.74, 6) is 8.79. The number of benzene rings is 3. The van der Waals surface area contributed by atoms with Crippen LogP contribution in [-0.4, -0.2) is 17.9 Å². The number of carbonyl (C=O) groups is 1. The first-order valence-corrected chi connectivity index (χ1v) is 43.9. The molecule has 1 saturated carbocycles. The highest BCUT2D eigenvalue weighted by Gasteiger charge is 2.23. The van der Waals surface area contributed by atoms with Gasteiger partial charge in [-0.05, 0) is 179 Å². The number of hydrogen-bond acceptors (Lipinski definition) is 3. The molecule has 5 rings (SSSR count). The van der Waals surface area contributed by atoms with E-state index in [4.69, 9.17) is 4.74 Å². The van der Waals surface area contributed by atoms with E-state index in [0.29, 0.717) is 59.9 Å². The second kappa shape index (κ2) is 67.7. The van der Waals surface area contributed by atoms with Crippen LogP contribution >= 0.6 is 0 Å². The minimum Gasteiger partial charge on any atom is -0.497 e. The normalized spacial score (nSPS) is 12.3. The monoisotopic (exact) mass is 1580 g/mol. The predicted molar refractivity (Wildman–Crippen MR) is 529 cm³/mol. The standard InChI is InChI=1S/C12H24O.C12H18.C11H16O.C11H22.C11H16.C11H20.2C7H16.2C6H14.C5H5N.C5H12.C3H8.3CH4/c1-11(2,3)9-7-8-10(13)12(4,5)6;1-12(2,3)10-9-11-7-5-4-6-8-11;1-11(2,3)9-5-7-10(12-4)8-6-9;2*1-11(2,3)9-10-7-5-4-6-8-10;1-10(2,3)8-7-9-11(4,5)6;2*1-5-6-7(2,3)4;2*1-5-6(2,3)4;1-2-4-6-5-3-1;1-5(2,3)4;1-3-2;;;/h7-9H2,1-6H3;4-8H,9-10H2,1-3H3;5-8H,1-4H3;10H,4-9H2,1-3H3;4-8H,9H2,1-3H3;8H2,1-6H3;2*5-6H2,1-4H3;2*5H2,1-4H3;1-5H;1-4H3;3H2,1-2H3;3*1H4. The highest BCUT2D eigenvalue weighted by Crippen LogP contribution is 2.34. The maximum Gasteiger partial charge on any atom is 0.138 e. The Morgan fingerprint density at radius 2 is 0.743 bits per heavy atom. The fourth-order valence-corrected chi connectivity index (χ4v) is 9.26. The number of aromatic nitrogens is 1. The van der Waals surface area contributed by atoms with E-state index in [0.717, 1.165) is 43.8 Å². The fourth-order valence-electron chi connectivity index (χ4n) is 9.26. The van der Waals surface area contributed by atoms with E-state index in [-0.39, 0.29) is 38.5 Å². The molecular weight excluding hydrogens is 1370 g/mol. The molecule has 3 heteroatoms. The molecule has 0 N–H and O–H groups in total.